The lowest BCUT2D eigenvalue weighted by Gasteiger charge is -2.23. The molecular weight excluding hydrogens is 482 g/mol. The Labute approximate surface area is 211 Å². The second kappa shape index (κ2) is 12.6. The van der Waals surface area contributed by atoms with Gasteiger partial charge in [0.15, 0.2) is 11.5 Å². The first-order chi connectivity index (χ1) is 17.4. The molecule has 3 aromatic carbocycles. The van der Waals surface area contributed by atoms with Gasteiger partial charge in [-0.15, -0.1) is 0 Å². The normalized spacial score (nSPS) is 11.2. The summed E-state index contributed by atoms with van der Waals surface area (Å²) >= 11 is 0. The number of hydrogen-bond acceptors (Lipinski definition) is 7. The Balaban J connectivity index is 1.79. The van der Waals surface area contributed by atoms with Gasteiger partial charge in [0.05, 0.1) is 37.1 Å². The van der Waals surface area contributed by atoms with Crippen molar-refractivity contribution in [2.24, 2.45) is 5.10 Å². The minimum Gasteiger partial charge on any atom is -0.497 e. The highest BCUT2D eigenvalue weighted by Crippen LogP contribution is 2.28. The van der Waals surface area contributed by atoms with Crippen LogP contribution in [0.2, 0.25) is 0 Å². The van der Waals surface area contributed by atoms with Crippen molar-refractivity contribution < 1.29 is 27.4 Å². The third-order valence-corrected chi connectivity index (χ3v) is 6.74. The maximum Gasteiger partial charge on any atom is 0.264 e. The largest absolute Gasteiger partial charge is 0.497 e. The number of sulfonamides is 1. The average Bonchev–Trinajstić information content (AvgIpc) is 2.89. The van der Waals surface area contributed by atoms with E-state index in [4.69, 9.17) is 14.2 Å². The van der Waals surface area contributed by atoms with Gasteiger partial charge in [-0.1, -0.05) is 18.2 Å². The number of rotatable bonds is 12. The molecule has 0 aliphatic heterocycles. The van der Waals surface area contributed by atoms with Gasteiger partial charge < -0.3 is 14.2 Å². The number of nitrogens with one attached hydrogen (secondary N) is 1. The Morgan fingerprint density at radius 2 is 1.61 bits per heavy atom. The van der Waals surface area contributed by atoms with Crippen LogP contribution >= 0.6 is 0 Å². The van der Waals surface area contributed by atoms with Crippen LogP contribution in [0.5, 0.6) is 17.2 Å². The Morgan fingerprint density at radius 3 is 2.25 bits per heavy atom. The Kier molecular flexibility index (Phi) is 9.29. The number of methoxy groups -OCH3 is 1. The lowest BCUT2D eigenvalue weighted by Crippen LogP contribution is -2.39. The summed E-state index contributed by atoms with van der Waals surface area (Å²) in [5, 5.41) is 3.98. The molecule has 3 rings (SSSR count). The quantitative estimate of drug-likeness (QED) is 0.293. The first-order valence-corrected chi connectivity index (χ1v) is 12.8. The van der Waals surface area contributed by atoms with Crippen molar-refractivity contribution in [1.82, 2.24) is 5.43 Å². The molecule has 190 valence electrons. The summed E-state index contributed by atoms with van der Waals surface area (Å²) in [5.74, 6) is 1.13. The molecule has 0 spiro atoms. The lowest BCUT2D eigenvalue weighted by molar-refractivity contribution is -0.119. The van der Waals surface area contributed by atoms with Crippen LogP contribution in [0, 0.1) is 0 Å². The summed E-state index contributed by atoms with van der Waals surface area (Å²) in [4.78, 5) is 12.8. The molecule has 0 aliphatic rings. The zero-order valence-electron chi connectivity index (χ0n) is 20.4. The van der Waals surface area contributed by atoms with Gasteiger partial charge >= 0.3 is 0 Å². The maximum absolute atomic E-state index is 13.4. The highest BCUT2D eigenvalue weighted by atomic mass is 32.2. The Hall–Kier alpha value is -4.05. The molecule has 3 aromatic rings. The van der Waals surface area contributed by atoms with Crippen LogP contribution in [0.15, 0.2) is 82.8 Å². The van der Waals surface area contributed by atoms with Gasteiger partial charge in [0, 0.05) is 0 Å². The fourth-order valence-corrected chi connectivity index (χ4v) is 4.72. The third-order valence-electron chi connectivity index (χ3n) is 4.95. The molecule has 0 aromatic heterocycles. The van der Waals surface area contributed by atoms with Crippen molar-refractivity contribution in [2.45, 2.75) is 18.7 Å². The monoisotopic (exact) mass is 511 g/mol. The molecule has 0 heterocycles. The molecule has 9 nitrogen and oxygen atoms in total. The van der Waals surface area contributed by atoms with E-state index in [1.807, 2.05) is 13.8 Å². The Bertz CT molecular complexity index is 1280. The van der Waals surface area contributed by atoms with Gasteiger partial charge in [-0.2, -0.15) is 5.10 Å². The molecule has 0 atom stereocenters. The van der Waals surface area contributed by atoms with Gasteiger partial charge in [-0.05, 0) is 74.0 Å². The second-order valence-electron chi connectivity index (χ2n) is 7.39. The molecule has 0 saturated heterocycles. The average molecular weight is 512 g/mol. The molecule has 0 saturated carbocycles. The molecule has 1 amide bonds. The van der Waals surface area contributed by atoms with Gasteiger partial charge in [-0.3, -0.25) is 9.10 Å². The minimum absolute atomic E-state index is 0.0648. The van der Waals surface area contributed by atoms with E-state index in [2.05, 4.69) is 10.5 Å². The number of carbonyl (C=O) groups excluding carboxylic acids is 1. The molecule has 0 unspecified atom stereocenters. The topological polar surface area (TPSA) is 107 Å². The second-order valence-corrected chi connectivity index (χ2v) is 9.25. The summed E-state index contributed by atoms with van der Waals surface area (Å²) in [6, 6.07) is 19.6. The number of nitrogens with zero attached hydrogens (tertiary/aromatic N) is 2. The van der Waals surface area contributed by atoms with Crippen molar-refractivity contribution in [3.63, 3.8) is 0 Å². The highest BCUT2D eigenvalue weighted by Gasteiger charge is 2.27. The number of ether oxygens (including phenoxy) is 3. The lowest BCUT2D eigenvalue weighted by atomic mass is 10.2. The fourth-order valence-electron chi connectivity index (χ4n) is 3.28. The maximum atomic E-state index is 13.4. The van der Waals surface area contributed by atoms with E-state index in [0.717, 1.165) is 4.31 Å². The minimum atomic E-state index is -4.02. The van der Waals surface area contributed by atoms with Crippen LogP contribution in [0.25, 0.3) is 0 Å². The molecule has 0 radical (unpaired) electrons. The van der Waals surface area contributed by atoms with E-state index in [9.17, 15) is 13.2 Å². The van der Waals surface area contributed by atoms with Crippen LogP contribution in [-0.4, -0.2) is 47.4 Å². The predicted octanol–water partition coefficient (Wildman–Crippen LogP) is 3.84. The van der Waals surface area contributed by atoms with Crippen LogP contribution in [0.1, 0.15) is 19.4 Å². The zero-order valence-corrected chi connectivity index (χ0v) is 21.2. The molecule has 0 bridgehead atoms. The van der Waals surface area contributed by atoms with E-state index < -0.39 is 22.5 Å². The summed E-state index contributed by atoms with van der Waals surface area (Å²) in [7, 11) is -2.50. The molecule has 36 heavy (non-hydrogen) atoms. The highest BCUT2D eigenvalue weighted by molar-refractivity contribution is 7.92. The van der Waals surface area contributed by atoms with Crippen LogP contribution in [0.4, 0.5) is 5.69 Å². The van der Waals surface area contributed by atoms with Crippen molar-refractivity contribution in [3.05, 3.63) is 78.4 Å². The number of benzene rings is 3. The standard InChI is InChI=1S/C26H29N3O6S/c1-4-34-24-16-11-20(17-25(24)35-5-2)18-27-28-26(30)19-29(21-12-14-22(33-3)15-13-21)36(31,32)23-9-7-6-8-10-23/h6-18H,4-5,19H2,1-3H3,(H,28,30)/b27-18-. The molecule has 0 aliphatic carbocycles. The number of amides is 1. The van der Waals surface area contributed by atoms with Crippen molar-refractivity contribution in [1.29, 1.82) is 0 Å². The number of anilines is 1. The number of carbonyl (C=O) groups is 1. The van der Waals surface area contributed by atoms with Crippen molar-refractivity contribution in [2.75, 3.05) is 31.2 Å². The summed E-state index contributed by atoms with van der Waals surface area (Å²) < 4.78 is 44.0. The third kappa shape index (κ3) is 6.76. The van der Waals surface area contributed by atoms with Crippen LogP contribution in [0.3, 0.4) is 0 Å². The van der Waals surface area contributed by atoms with Gasteiger partial charge in [0.25, 0.3) is 15.9 Å². The van der Waals surface area contributed by atoms with E-state index in [1.54, 1.807) is 60.7 Å². The first kappa shape index (κ1) is 26.6. The van der Waals surface area contributed by atoms with Crippen LogP contribution in [-0.2, 0) is 14.8 Å². The van der Waals surface area contributed by atoms with Crippen molar-refractivity contribution >= 4 is 27.8 Å². The molecule has 1 N–H and O–H groups in total. The van der Waals surface area contributed by atoms with Gasteiger partial charge in [0.2, 0.25) is 0 Å². The zero-order chi connectivity index (χ0) is 26.0. The van der Waals surface area contributed by atoms with E-state index in [0.29, 0.717) is 41.7 Å². The fraction of sp³-hybridized carbons (Fsp3) is 0.231. The summed E-state index contributed by atoms with van der Waals surface area (Å²) in [6.45, 7) is 4.24. The number of hydrogen-bond donors (Lipinski definition) is 1. The van der Waals surface area contributed by atoms with Crippen LogP contribution < -0.4 is 23.9 Å². The Morgan fingerprint density at radius 1 is 0.944 bits per heavy atom. The smallest absolute Gasteiger partial charge is 0.264 e. The van der Waals surface area contributed by atoms with Gasteiger partial charge in [0.1, 0.15) is 12.3 Å². The van der Waals surface area contributed by atoms with E-state index in [1.165, 1.54) is 25.5 Å². The summed E-state index contributed by atoms with van der Waals surface area (Å²) in [6.07, 6.45) is 1.44. The van der Waals surface area contributed by atoms with E-state index in [-0.39, 0.29) is 4.90 Å². The molecule has 0 fully saturated rings. The van der Waals surface area contributed by atoms with E-state index >= 15 is 0 Å². The van der Waals surface area contributed by atoms with Gasteiger partial charge in [-0.25, -0.2) is 13.8 Å². The molecular formula is C26H29N3O6S. The molecule has 10 heteroatoms. The SMILES string of the molecule is CCOc1ccc(/C=N\NC(=O)CN(c2ccc(OC)cc2)S(=O)(=O)c2ccccc2)cc1OCC. The first-order valence-electron chi connectivity index (χ1n) is 11.3. The predicted molar refractivity (Wildman–Crippen MR) is 138 cm³/mol. The van der Waals surface area contributed by atoms with Crippen molar-refractivity contribution in [3.8, 4) is 17.2 Å². The summed E-state index contributed by atoms with van der Waals surface area (Å²) in [5.41, 5.74) is 3.38. The number of hydrazone groups is 1.